The van der Waals surface area contributed by atoms with Crippen molar-refractivity contribution >= 4 is 5.78 Å². The quantitative estimate of drug-likeness (QED) is 0.791. The van der Waals surface area contributed by atoms with Crippen LogP contribution in [0.15, 0.2) is 35.8 Å². The molecule has 4 rings (SSSR count). The Kier molecular flexibility index (Phi) is 3.22. The van der Waals surface area contributed by atoms with Crippen LogP contribution in [0.4, 0.5) is 0 Å². The first-order valence-electron chi connectivity index (χ1n) is 8.93. The van der Waals surface area contributed by atoms with Gasteiger partial charge >= 0.3 is 0 Å². The lowest BCUT2D eigenvalue weighted by Crippen LogP contribution is -2.49. The van der Waals surface area contributed by atoms with E-state index < -0.39 is 16.8 Å². The summed E-state index contributed by atoms with van der Waals surface area (Å²) in [5.74, 6) is -0.603. The molecule has 2 saturated heterocycles. The van der Waals surface area contributed by atoms with Crippen LogP contribution < -0.4 is 0 Å². The summed E-state index contributed by atoms with van der Waals surface area (Å²) in [6, 6.07) is 0. The standard InChI is InChI=1S/C20H26O5/c1-10(2)20(22)19(6)12(4)23-14-7-11(3)13-8-16(21)18(5,24-13)9-15(25-20)17(14)19/h7-8,10,14-15,17,22H,4,9H2,1-3,5-6H3. The highest BCUT2D eigenvalue weighted by molar-refractivity contribution is 5.99. The topological polar surface area (TPSA) is 65.0 Å². The zero-order valence-electron chi connectivity index (χ0n) is 15.5. The lowest BCUT2D eigenvalue weighted by Gasteiger charge is -2.39. The zero-order valence-corrected chi connectivity index (χ0v) is 15.5. The average Bonchev–Trinajstić information content (AvgIpc) is 3.03. The fourth-order valence-electron chi connectivity index (χ4n) is 5.01. The molecule has 0 aromatic heterocycles. The number of fused-ring (bicyclic) bond motifs is 2. The molecule has 0 aromatic rings. The molecule has 0 saturated carbocycles. The van der Waals surface area contributed by atoms with E-state index >= 15 is 0 Å². The molecule has 4 aliphatic rings. The van der Waals surface area contributed by atoms with Gasteiger partial charge in [-0.05, 0) is 32.4 Å². The van der Waals surface area contributed by atoms with Crippen molar-refractivity contribution < 1.29 is 24.1 Å². The van der Waals surface area contributed by atoms with Crippen molar-refractivity contribution in [2.75, 3.05) is 0 Å². The molecule has 2 bridgehead atoms. The second-order valence-electron chi connectivity index (χ2n) is 8.50. The van der Waals surface area contributed by atoms with E-state index in [4.69, 9.17) is 14.2 Å². The van der Waals surface area contributed by atoms with E-state index in [2.05, 4.69) is 6.58 Å². The molecule has 5 nitrogen and oxygen atoms in total. The summed E-state index contributed by atoms with van der Waals surface area (Å²) in [6.07, 6.45) is 3.26. The van der Waals surface area contributed by atoms with Gasteiger partial charge in [-0.25, -0.2) is 0 Å². The second kappa shape index (κ2) is 4.77. The number of aliphatic hydroxyl groups is 1. The maximum absolute atomic E-state index is 12.6. The van der Waals surface area contributed by atoms with E-state index in [0.717, 1.165) is 5.57 Å². The molecule has 0 aliphatic carbocycles. The molecule has 6 atom stereocenters. The van der Waals surface area contributed by atoms with Gasteiger partial charge in [-0.15, -0.1) is 0 Å². The number of rotatable bonds is 1. The highest BCUT2D eigenvalue weighted by Crippen LogP contribution is 2.64. The Labute approximate surface area is 148 Å². The molecule has 4 heterocycles. The van der Waals surface area contributed by atoms with E-state index in [-0.39, 0.29) is 29.8 Å². The SMILES string of the molecule is C=C1OC2C=C(C)C3=CC(=O)C(C)(CC4OC(O)(C(C)C)C1(C)C24)O3. The van der Waals surface area contributed by atoms with E-state index in [9.17, 15) is 9.90 Å². The molecule has 0 spiro atoms. The van der Waals surface area contributed by atoms with Crippen LogP contribution in [0.5, 0.6) is 0 Å². The maximum atomic E-state index is 12.6. The Morgan fingerprint density at radius 3 is 2.68 bits per heavy atom. The second-order valence-corrected chi connectivity index (χ2v) is 8.50. The molecule has 25 heavy (non-hydrogen) atoms. The van der Waals surface area contributed by atoms with Crippen molar-refractivity contribution in [3.8, 4) is 0 Å². The first-order chi connectivity index (χ1) is 11.5. The predicted octanol–water partition coefficient (Wildman–Crippen LogP) is 2.86. The maximum Gasteiger partial charge on any atom is 0.202 e. The van der Waals surface area contributed by atoms with Gasteiger partial charge in [0.05, 0.1) is 11.5 Å². The minimum atomic E-state index is -1.40. The van der Waals surface area contributed by atoms with Crippen LogP contribution in [-0.4, -0.2) is 34.5 Å². The Morgan fingerprint density at radius 2 is 2.04 bits per heavy atom. The van der Waals surface area contributed by atoms with E-state index in [0.29, 0.717) is 17.9 Å². The van der Waals surface area contributed by atoms with Gasteiger partial charge in [-0.2, -0.15) is 0 Å². The van der Waals surface area contributed by atoms with Crippen molar-refractivity contribution in [3.05, 3.63) is 35.8 Å². The number of ketones is 1. The first-order valence-corrected chi connectivity index (χ1v) is 8.93. The van der Waals surface area contributed by atoms with Gasteiger partial charge in [0.1, 0.15) is 17.6 Å². The zero-order chi connectivity index (χ0) is 18.4. The summed E-state index contributed by atoms with van der Waals surface area (Å²) in [4.78, 5) is 12.6. The molecule has 0 aromatic carbocycles. The predicted molar refractivity (Wildman–Crippen MR) is 91.2 cm³/mol. The molecule has 6 unspecified atom stereocenters. The van der Waals surface area contributed by atoms with Gasteiger partial charge in [-0.3, -0.25) is 4.79 Å². The van der Waals surface area contributed by atoms with Crippen LogP contribution in [0.1, 0.15) is 41.0 Å². The smallest absolute Gasteiger partial charge is 0.202 e. The van der Waals surface area contributed by atoms with E-state index in [1.54, 1.807) is 13.0 Å². The van der Waals surface area contributed by atoms with Crippen molar-refractivity contribution in [2.24, 2.45) is 17.3 Å². The van der Waals surface area contributed by atoms with Crippen LogP contribution >= 0.6 is 0 Å². The summed E-state index contributed by atoms with van der Waals surface area (Å²) in [5.41, 5.74) is -0.860. The summed E-state index contributed by atoms with van der Waals surface area (Å²) >= 11 is 0. The van der Waals surface area contributed by atoms with Crippen LogP contribution in [0.3, 0.4) is 0 Å². The van der Waals surface area contributed by atoms with E-state index in [1.165, 1.54) is 0 Å². The highest BCUT2D eigenvalue weighted by Gasteiger charge is 2.72. The molecule has 136 valence electrons. The average molecular weight is 346 g/mol. The minimum Gasteiger partial charge on any atom is -0.490 e. The molecular formula is C20H26O5. The third-order valence-corrected chi connectivity index (χ3v) is 6.65. The normalized spacial score (nSPS) is 48.2. The summed E-state index contributed by atoms with van der Waals surface area (Å²) < 4.78 is 18.3. The fraction of sp³-hybridized carbons (Fsp3) is 0.650. The monoisotopic (exact) mass is 346 g/mol. The number of allylic oxidation sites excluding steroid dienone is 1. The number of carbonyl (C=O) groups excluding carboxylic acids is 1. The molecule has 1 N–H and O–H groups in total. The van der Waals surface area contributed by atoms with Crippen LogP contribution in [-0.2, 0) is 19.0 Å². The number of carbonyl (C=O) groups is 1. The molecule has 4 aliphatic heterocycles. The van der Waals surface area contributed by atoms with Gasteiger partial charge < -0.3 is 19.3 Å². The largest absolute Gasteiger partial charge is 0.490 e. The number of hydrogen-bond donors (Lipinski definition) is 1. The third-order valence-electron chi connectivity index (χ3n) is 6.65. The van der Waals surface area contributed by atoms with Crippen molar-refractivity contribution in [3.63, 3.8) is 0 Å². The van der Waals surface area contributed by atoms with Gasteiger partial charge in [0.25, 0.3) is 0 Å². The van der Waals surface area contributed by atoms with Gasteiger partial charge in [0.2, 0.25) is 5.78 Å². The van der Waals surface area contributed by atoms with Crippen LogP contribution in [0.2, 0.25) is 0 Å². The number of hydrogen-bond acceptors (Lipinski definition) is 5. The Bertz CT molecular complexity index is 734. The summed E-state index contributed by atoms with van der Waals surface area (Å²) in [7, 11) is 0. The fourth-order valence-corrected chi connectivity index (χ4v) is 5.01. The van der Waals surface area contributed by atoms with E-state index in [1.807, 2.05) is 33.8 Å². The van der Waals surface area contributed by atoms with Gasteiger partial charge in [0.15, 0.2) is 11.4 Å². The Morgan fingerprint density at radius 1 is 1.36 bits per heavy atom. The Hall–Kier alpha value is -1.59. The summed E-state index contributed by atoms with van der Waals surface area (Å²) in [5, 5.41) is 11.4. The first kappa shape index (κ1) is 16.9. The summed E-state index contributed by atoms with van der Waals surface area (Å²) in [6.45, 7) is 13.6. The molecule has 0 amide bonds. The molecule has 5 heteroatoms. The Balaban J connectivity index is 1.89. The lowest BCUT2D eigenvalue weighted by atomic mass is 9.66. The van der Waals surface area contributed by atoms with Crippen molar-refractivity contribution in [2.45, 2.75) is 64.6 Å². The van der Waals surface area contributed by atoms with Gasteiger partial charge in [-0.1, -0.05) is 20.4 Å². The van der Waals surface area contributed by atoms with Gasteiger partial charge in [0, 0.05) is 24.3 Å². The molecular weight excluding hydrogens is 320 g/mol. The van der Waals surface area contributed by atoms with Crippen LogP contribution in [0, 0.1) is 17.3 Å². The number of ether oxygens (including phenoxy) is 3. The molecule has 0 radical (unpaired) electrons. The van der Waals surface area contributed by atoms with Crippen molar-refractivity contribution in [1.82, 2.24) is 0 Å². The minimum absolute atomic E-state index is 0.0586. The van der Waals surface area contributed by atoms with Crippen LogP contribution in [0.25, 0.3) is 0 Å². The highest BCUT2D eigenvalue weighted by atomic mass is 16.7. The third kappa shape index (κ3) is 1.88. The van der Waals surface area contributed by atoms with Crippen molar-refractivity contribution in [1.29, 1.82) is 0 Å². The molecule has 2 fully saturated rings. The lowest BCUT2D eigenvalue weighted by molar-refractivity contribution is -0.261.